The number of benzene rings is 1. The quantitative estimate of drug-likeness (QED) is 0.543. The number of hydrogen-bond donors (Lipinski definition) is 1. The molecular formula is C24H24ClF2N5O2. The van der Waals surface area contributed by atoms with Crippen molar-refractivity contribution >= 4 is 23.3 Å². The van der Waals surface area contributed by atoms with Crippen LogP contribution in [0.4, 0.5) is 14.6 Å². The van der Waals surface area contributed by atoms with E-state index in [4.69, 9.17) is 22.1 Å². The van der Waals surface area contributed by atoms with E-state index >= 15 is 0 Å². The molecular weight excluding hydrogens is 464 g/mol. The molecule has 0 radical (unpaired) electrons. The number of anilines is 1. The van der Waals surface area contributed by atoms with E-state index in [-0.39, 0.29) is 27.9 Å². The Hall–Kier alpha value is -3.30. The van der Waals surface area contributed by atoms with Gasteiger partial charge in [-0.15, -0.1) is 0 Å². The number of ether oxygens (including phenoxy) is 1. The minimum Gasteiger partial charge on any atom is -0.483 e. The molecule has 178 valence electrons. The molecule has 1 aliphatic rings. The Labute approximate surface area is 201 Å². The fraction of sp³-hybridized carbons (Fsp3) is 0.292. The lowest BCUT2D eigenvalue weighted by Gasteiger charge is -2.32. The second kappa shape index (κ2) is 9.90. The molecule has 1 unspecified atom stereocenters. The number of hydrogen-bond acceptors (Lipinski definition) is 6. The highest BCUT2D eigenvalue weighted by molar-refractivity contribution is 6.31. The number of piperazine rings is 1. The van der Waals surface area contributed by atoms with Gasteiger partial charge in [0, 0.05) is 43.5 Å². The summed E-state index contributed by atoms with van der Waals surface area (Å²) in [7, 11) is 1.99. The van der Waals surface area contributed by atoms with Crippen molar-refractivity contribution < 1.29 is 18.3 Å². The number of nitrogens with two attached hydrogens (primary N) is 1. The van der Waals surface area contributed by atoms with E-state index in [0.29, 0.717) is 30.2 Å². The van der Waals surface area contributed by atoms with Crippen LogP contribution in [0.3, 0.4) is 0 Å². The summed E-state index contributed by atoms with van der Waals surface area (Å²) in [6.07, 6.45) is 0.584. The number of pyridine rings is 2. The average molecular weight is 488 g/mol. The summed E-state index contributed by atoms with van der Waals surface area (Å²) in [5.41, 5.74) is 6.78. The first-order valence-electron chi connectivity index (χ1n) is 10.8. The highest BCUT2D eigenvalue weighted by Gasteiger charge is 2.27. The number of amides is 1. The van der Waals surface area contributed by atoms with E-state index in [9.17, 15) is 13.6 Å². The van der Waals surface area contributed by atoms with Crippen molar-refractivity contribution in [3.05, 3.63) is 70.5 Å². The molecule has 0 aliphatic carbocycles. The third kappa shape index (κ3) is 4.95. The van der Waals surface area contributed by atoms with Crippen LogP contribution in [0.15, 0.2) is 42.6 Å². The van der Waals surface area contributed by atoms with Crippen LogP contribution in [-0.2, 0) is 0 Å². The SMILES string of the molecule is CC(Oc1ccc(-c2ccc(N)nc2)nc1C(=O)N1CCN(C)CC1)c1c(F)ccc(F)c1Cl. The summed E-state index contributed by atoms with van der Waals surface area (Å²) >= 11 is 6.01. The lowest BCUT2D eigenvalue weighted by atomic mass is 10.1. The van der Waals surface area contributed by atoms with Crippen molar-refractivity contribution in [2.75, 3.05) is 39.0 Å². The van der Waals surface area contributed by atoms with Gasteiger partial charge in [0.25, 0.3) is 5.91 Å². The largest absolute Gasteiger partial charge is 0.483 e. The van der Waals surface area contributed by atoms with Gasteiger partial charge in [0.2, 0.25) is 0 Å². The zero-order valence-corrected chi connectivity index (χ0v) is 19.5. The number of carbonyl (C=O) groups excluding carboxylic acids is 1. The van der Waals surface area contributed by atoms with Crippen LogP contribution in [0.1, 0.15) is 29.1 Å². The van der Waals surface area contributed by atoms with Crippen molar-refractivity contribution in [3.8, 4) is 17.0 Å². The molecule has 10 heteroatoms. The van der Waals surface area contributed by atoms with Crippen molar-refractivity contribution in [2.24, 2.45) is 0 Å². The Balaban J connectivity index is 1.71. The fourth-order valence-electron chi connectivity index (χ4n) is 3.74. The summed E-state index contributed by atoms with van der Waals surface area (Å²) in [4.78, 5) is 25.9. The van der Waals surface area contributed by atoms with Gasteiger partial charge in [0.1, 0.15) is 23.6 Å². The smallest absolute Gasteiger partial charge is 0.276 e. The molecule has 2 aromatic heterocycles. The number of nitrogen functional groups attached to an aromatic ring is 1. The number of carbonyl (C=O) groups is 1. The first-order valence-corrected chi connectivity index (χ1v) is 11.1. The molecule has 1 aliphatic heterocycles. The number of likely N-dealkylation sites (N-methyl/N-ethyl adjacent to an activating group) is 1. The van der Waals surface area contributed by atoms with E-state index in [1.54, 1.807) is 35.4 Å². The second-order valence-corrected chi connectivity index (χ2v) is 8.51. The summed E-state index contributed by atoms with van der Waals surface area (Å²) < 4.78 is 34.4. The normalized spacial score (nSPS) is 15.3. The molecule has 1 fully saturated rings. The van der Waals surface area contributed by atoms with Gasteiger partial charge >= 0.3 is 0 Å². The van der Waals surface area contributed by atoms with Gasteiger partial charge in [-0.2, -0.15) is 0 Å². The van der Waals surface area contributed by atoms with Gasteiger partial charge in [-0.3, -0.25) is 4.79 Å². The molecule has 1 saturated heterocycles. The molecule has 3 aromatic rings. The minimum absolute atomic E-state index is 0.0682. The van der Waals surface area contributed by atoms with Gasteiger partial charge in [0.05, 0.1) is 10.7 Å². The van der Waals surface area contributed by atoms with Gasteiger partial charge in [-0.25, -0.2) is 18.7 Å². The number of aromatic nitrogens is 2. The Bertz CT molecular complexity index is 1200. The van der Waals surface area contributed by atoms with Crippen LogP contribution in [0.25, 0.3) is 11.3 Å². The molecule has 0 spiro atoms. The van der Waals surface area contributed by atoms with Gasteiger partial charge in [-0.1, -0.05) is 11.6 Å². The predicted octanol–water partition coefficient (Wildman–Crippen LogP) is 4.19. The van der Waals surface area contributed by atoms with Gasteiger partial charge < -0.3 is 20.3 Å². The van der Waals surface area contributed by atoms with Crippen molar-refractivity contribution in [1.29, 1.82) is 0 Å². The van der Waals surface area contributed by atoms with Crippen LogP contribution >= 0.6 is 11.6 Å². The second-order valence-electron chi connectivity index (χ2n) is 8.13. The van der Waals surface area contributed by atoms with E-state index in [1.165, 1.54) is 6.92 Å². The van der Waals surface area contributed by atoms with Crippen LogP contribution in [0.5, 0.6) is 5.75 Å². The standard InChI is InChI=1S/C24H24ClF2N5O2/c1-14(21-16(26)4-5-17(27)22(21)25)34-19-7-6-18(15-3-8-20(28)29-13-15)30-23(19)24(33)32-11-9-31(2)10-12-32/h3-8,13-14H,9-12H2,1-2H3,(H2,28,29). The molecule has 1 amide bonds. The maximum atomic E-state index is 14.4. The summed E-state index contributed by atoms with van der Waals surface area (Å²) in [5, 5.41) is -0.364. The first kappa shape index (κ1) is 23.8. The van der Waals surface area contributed by atoms with E-state index < -0.39 is 17.7 Å². The lowest BCUT2D eigenvalue weighted by Crippen LogP contribution is -2.47. The minimum atomic E-state index is -0.979. The molecule has 2 N–H and O–H groups in total. The van der Waals surface area contributed by atoms with E-state index in [2.05, 4.69) is 14.9 Å². The Kier molecular flexibility index (Phi) is 6.95. The molecule has 0 saturated carbocycles. The lowest BCUT2D eigenvalue weighted by molar-refractivity contribution is 0.0651. The maximum absolute atomic E-state index is 14.4. The van der Waals surface area contributed by atoms with Crippen molar-refractivity contribution in [2.45, 2.75) is 13.0 Å². The molecule has 34 heavy (non-hydrogen) atoms. The third-order valence-corrected chi connectivity index (χ3v) is 6.11. The highest BCUT2D eigenvalue weighted by Crippen LogP contribution is 2.33. The summed E-state index contributed by atoms with van der Waals surface area (Å²) in [6.45, 7) is 4.05. The molecule has 4 rings (SSSR count). The Morgan fingerprint density at radius 3 is 2.47 bits per heavy atom. The third-order valence-electron chi connectivity index (χ3n) is 5.72. The number of halogens is 3. The first-order chi connectivity index (χ1) is 16.2. The van der Waals surface area contributed by atoms with Crippen LogP contribution in [0, 0.1) is 11.6 Å². The Morgan fingerprint density at radius 2 is 1.79 bits per heavy atom. The highest BCUT2D eigenvalue weighted by atomic mass is 35.5. The van der Waals surface area contributed by atoms with Crippen molar-refractivity contribution in [1.82, 2.24) is 19.8 Å². The molecule has 1 atom stereocenters. The van der Waals surface area contributed by atoms with E-state index in [1.807, 2.05) is 7.05 Å². The zero-order valence-electron chi connectivity index (χ0n) is 18.8. The Morgan fingerprint density at radius 1 is 1.09 bits per heavy atom. The zero-order chi connectivity index (χ0) is 24.4. The predicted molar refractivity (Wildman–Crippen MR) is 126 cm³/mol. The summed E-state index contributed by atoms with van der Waals surface area (Å²) in [6, 6.07) is 8.58. The number of nitrogens with zero attached hydrogens (tertiary/aromatic N) is 4. The van der Waals surface area contributed by atoms with E-state index in [0.717, 1.165) is 25.2 Å². The van der Waals surface area contributed by atoms with Gasteiger partial charge in [-0.05, 0) is 50.4 Å². The fourth-order valence-corrected chi connectivity index (χ4v) is 4.04. The summed E-state index contributed by atoms with van der Waals surface area (Å²) in [5.74, 6) is -1.27. The maximum Gasteiger partial charge on any atom is 0.276 e. The van der Waals surface area contributed by atoms with Crippen LogP contribution < -0.4 is 10.5 Å². The van der Waals surface area contributed by atoms with Crippen LogP contribution in [0.2, 0.25) is 5.02 Å². The molecule has 1 aromatic carbocycles. The monoisotopic (exact) mass is 487 g/mol. The van der Waals surface area contributed by atoms with Crippen LogP contribution in [-0.4, -0.2) is 58.9 Å². The van der Waals surface area contributed by atoms with Gasteiger partial charge in [0.15, 0.2) is 11.4 Å². The average Bonchev–Trinajstić information content (AvgIpc) is 2.82. The topological polar surface area (TPSA) is 84.6 Å². The molecule has 7 nitrogen and oxygen atoms in total. The molecule has 3 heterocycles. The van der Waals surface area contributed by atoms with Crippen molar-refractivity contribution in [3.63, 3.8) is 0 Å². The molecule has 0 bridgehead atoms. The number of rotatable bonds is 5.